The van der Waals surface area contributed by atoms with E-state index < -0.39 is 5.82 Å². The van der Waals surface area contributed by atoms with Crippen LogP contribution in [-0.4, -0.2) is 113 Å². The molecule has 12 heteroatoms. The second kappa shape index (κ2) is 15.6. The molecule has 0 spiro atoms. The number of likely N-dealkylation sites (N-methyl/N-ethyl adjacent to an activating group) is 1. The van der Waals surface area contributed by atoms with E-state index in [1.54, 1.807) is 11.1 Å². The van der Waals surface area contributed by atoms with Crippen LogP contribution in [0.2, 0.25) is 0 Å². The van der Waals surface area contributed by atoms with Gasteiger partial charge in [-0.25, -0.2) is 14.4 Å². The number of carbonyl (C=O) groups excluding carboxylic acids is 1. The molecule has 3 aliphatic rings. The molecule has 3 aromatic rings. The Morgan fingerprint density at radius 2 is 1.94 bits per heavy atom. The number of morpholine rings is 1. The molecule has 0 bridgehead atoms. The molecule has 0 aliphatic carbocycles. The predicted octanol–water partition coefficient (Wildman–Crippen LogP) is 4.80. The second-order valence-corrected chi connectivity index (χ2v) is 13.2. The van der Waals surface area contributed by atoms with E-state index in [4.69, 9.17) is 19.2 Å². The monoisotopic (exact) mass is 661 g/mol. The number of nitrogens with zero attached hydrogens (tertiary/aromatic N) is 7. The average molecular weight is 662 g/mol. The van der Waals surface area contributed by atoms with Crippen LogP contribution in [0.1, 0.15) is 61.6 Å². The molecule has 2 aromatic heterocycles. The van der Waals surface area contributed by atoms with Crippen LogP contribution in [0.5, 0.6) is 17.2 Å². The van der Waals surface area contributed by atoms with Crippen molar-refractivity contribution in [1.29, 1.82) is 0 Å². The van der Waals surface area contributed by atoms with E-state index in [1.807, 2.05) is 33.0 Å². The molecular formula is C36H48FN7O4. The van der Waals surface area contributed by atoms with Crippen LogP contribution < -0.4 is 14.4 Å². The first-order chi connectivity index (χ1) is 23.3. The lowest BCUT2D eigenvalue weighted by atomic mass is 10.0. The number of anilines is 1. The number of ether oxygens (including phenoxy) is 3. The molecule has 0 saturated carbocycles. The number of hydrogen-bond donors (Lipinski definition) is 0. The molecule has 2 fully saturated rings. The van der Waals surface area contributed by atoms with Crippen LogP contribution in [0.25, 0.3) is 0 Å². The van der Waals surface area contributed by atoms with Crippen LogP contribution in [0.4, 0.5) is 10.2 Å². The lowest BCUT2D eigenvalue weighted by Gasteiger charge is -2.36. The highest BCUT2D eigenvalue weighted by Gasteiger charge is 2.29. The summed E-state index contributed by atoms with van der Waals surface area (Å²) >= 11 is 0. The van der Waals surface area contributed by atoms with Gasteiger partial charge >= 0.3 is 0 Å². The van der Waals surface area contributed by atoms with Crippen LogP contribution in [0, 0.1) is 5.82 Å². The maximum absolute atomic E-state index is 14.3. The predicted molar refractivity (Wildman–Crippen MR) is 181 cm³/mol. The quantitative estimate of drug-likeness (QED) is 0.285. The summed E-state index contributed by atoms with van der Waals surface area (Å²) in [5.41, 5.74) is 2.51. The van der Waals surface area contributed by atoms with Gasteiger partial charge in [0.05, 0.1) is 25.0 Å². The number of carbonyl (C=O) groups is 1. The molecule has 0 N–H and O–H groups in total. The second-order valence-electron chi connectivity index (χ2n) is 13.2. The molecule has 258 valence electrons. The van der Waals surface area contributed by atoms with Gasteiger partial charge in [-0.05, 0) is 58.5 Å². The Bertz CT molecular complexity index is 1550. The maximum Gasteiger partial charge on any atom is 0.257 e. The third-order valence-corrected chi connectivity index (χ3v) is 9.76. The first-order valence-corrected chi connectivity index (χ1v) is 17.3. The summed E-state index contributed by atoms with van der Waals surface area (Å²) in [6.07, 6.45) is 8.63. The van der Waals surface area contributed by atoms with E-state index >= 15 is 0 Å². The van der Waals surface area contributed by atoms with Crippen molar-refractivity contribution < 1.29 is 23.4 Å². The molecule has 3 aliphatic heterocycles. The number of piperidine rings is 1. The van der Waals surface area contributed by atoms with Crippen molar-refractivity contribution in [2.24, 2.45) is 0 Å². The Balaban J connectivity index is 1.09. The van der Waals surface area contributed by atoms with Gasteiger partial charge in [0.25, 0.3) is 5.91 Å². The largest absolute Gasteiger partial charge is 0.490 e. The third kappa shape index (κ3) is 7.88. The Labute approximate surface area is 283 Å². The van der Waals surface area contributed by atoms with Crippen LogP contribution >= 0.6 is 0 Å². The maximum atomic E-state index is 14.3. The smallest absolute Gasteiger partial charge is 0.257 e. The molecule has 5 heterocycles. The first-order valence-electron chi connectivity index (χ1n) is 17.3. The molecule has 48 heavy (non-hydrogen) atoms. The minimum atomic E-state index is -0.498. The van der Waals surface area contributed by atoms with E-state index in [-0.39, 0.29) is 29.4 Å². The van der Waals surface area contributed by atoms with Crippen molar-refractivity contribution in [1.82, 2.24) is 29.7 Å². The van der Waals surface area contributed by atoms with Gasteiger partial charge in [-0.15, -0.1) is 0 Å². The Kier molecular flexibility index (Phi) is 11.0. The zero-order valence-corrected chi connectivity index (χ0v) is 28.6. The summed E-state index contributed by atoms with van der Waals surface area (Å²) in [6.45, 7) is 13.2. The number of amides is 1. The Morgan fingerprint density at radius 1 is 1.10 bits per heavy atom. The summed E-state index contributed by atoms with van der Waals surface area (Å²) in [5.74, 6) is 1.47. The van der Waals surface area contributed by atoms with Gasteiger partial charge in [0.2, 0.25) is 0 Å². The summed E-state index contributed by atoms with van der Waals surface area (Å²) in [4.78, 5) is 35.6. The third-order valence-electron chi connectivity index (χ3n) is 9.76. The summed E-state index contributed by atoms with van der Waals surface area (Å²) in [7, 11) is 2.19. The fourth-order valence-electron chi connectivity index (χ4n) is 6.90. The number of benzene rings is 1. The van der Waals surface area contributed by atoms with Crippen LogP contribution in [0.15, 0.2) is 43.0 Å². The normalized spacial score (nSPS) is 19.3. The number of hydrogen-bond acceptors (Lipinski definition) is 10. The van der Waals surface area contributed by atoms with Gasteiger partial charge in [-0.1, -0.05) is 0 Å². The van der Waals surface area contributed by atoms with Crippen molar-refractivity contribution in [3.05, 3.63) is 65.6 Å². The molecule has 1 atom stereocenters. The zero-order valence-electron chi connectivity index (χ0n) is 28.6. The van der Waals surface area contributed by atoms with Gasteiger partial charge in [0.1, 0.15) is 29.7 Å². The fourth-order valence-corrected chi connectivity index (χ4v) is 6.90. The number of fused-ring (bicyclic) bond motifs is 1. The molecule has 0 radical (unpaired) electrons. The van der Waals surface area contributed by atoms with E-state index in [1.165, 1.54) is 30.1 Å². The molecular weight excluding hydrogens is 613 g/mol. The molecule has 11 nitrogen and oxygen atoms in total. The summed E-state index contributed by atoms with van der Waals surface area (Å²) in [6, 6.07) is 6.45. The summed E-state index contributed by atoms with van der Waals surface area (Å²) < 4.78 is 33.0. The van der Waals surface area contributed by atoms with Gasteiger partial charge in [0.15, 0.2) is 11.6 Å². The number of rotatable bonds is 11. The highest BCUT2D eigenvalue weighted by Crippen LogP contribution is 2.35. The van der Waals surface area contributed by atoms with Crippen LogP contribution in [-0.2, 0) is 17.7 Å². The zero-order chi connectivity index (χ0) is 33.6. The molecule has 1 aromatic carbocycles. The average Bonchev–Trinajstić information content (AvgIpc) is 3.09. The van der Waals surface area contributed by atoms with Crippen molar-refractivity contribution in [2.75, 3.05) is 64.4 Å². The molecule has 0 unspecified atom stereocenters. The lowest BCUT2D eigenvalue weighted by molar-refractivity contribution is -0.000899. The molecule has 2 saturated heterocycles. The van der Waals surface area contributed by atoms with E-state index in [2.05, 4.69) is 31.7 Å². The highest BCUT2D eigenvalue weighted by molar-refractivity contribution is 5.97. The number of pyridine rings is 1. The van der Waals surface area contributed by atoms with E-state index in [9.17, 15) is 9.18 Å². The van der Waals surface area contributed by atoms with Crippen molar-refractivity contribution in [3.63, 3.8) is 0 Å². The van der Waals surface area contributed by atoms with Crippen molar-refractivity contribution in [3.8, 4) is 17.2 Å². The Hall–Kier alpha value is -3.87. The standard InChI is InChI=1S/C36H48FN7O4/c1-5-44(25(2)3)36(45)29-20-26(37)6-7-32(29)48-34-21-38-24-40-35(34)43-16-10-28(11-17-43)47-33-8-13-39-31-12-15-42(22-30(31)33)14-9-27-23-46-19-18-41(27)4/h6-8,13,20-21,24-25,27-28H,5,9-12,14-19,22-23H2,1-4H3/t27-/m0/s1. The topological polar surface area (TPSA) is 96.4 Å². The summed E-state index contributed by atoms with van der Waals surface area (Å²) in [5, 5.41) is 0. The lowest BCUT2D eigenvalue weighted by Crippen LogP contribution is -2.45. The van der Waals surface area contributed by atoms with Gasteiger partial charge in [0, 0.05) is 94.6 Å². The van der Waals surface area contributed by atoms with E-state index in [0.29, 0.717) is 37.2 Å². The van der Waals surface area contributed by atoms with Crippen LogP contribution in [0.3, 0.4) is 0 Å². The SMILES string of the molecule is CCN(C(=O)c1cc(F)ccc1Oc1cncnc1N1CCC(Oc2ccnc3c2CN(CC[C@H]2COCCN2C)CC3)CC1)C(C)C. The van der Waals surface area contributed by atoms with Crippen molar-refractivity contribution >= 4 is 11.7 Å². The first kappa shape index (κ1) is 34.0. The molecule has 6 rings (SSSR count). The minimum Gasteiger partial charge on any atom is -0.490 e. The number of aromatic nitrogens is 3. The van der Waals surface area contributed by atoms with Gasteiger partial charge < -0.3 is 24.0 Å². The molecule has 1 amide bonds. The van der Waals surface area contributed by atoms with Gasteiger partial charge in [-0.3, -0.25) is 19.6 Å². The van der Waals surface area contributed by atoms with Gasteiger partial charge in [-0.2, -0.15) is 0 Å². The highest BCUT2D eigenvalue weighted by atomic mass is 19.1. The Morgan fingerprint density at radius 3 is 2.71 bits per heavy atom. The fraction of sp³-hybridized carbons (Fsp3) is 0.556. The minimum absolute atomic E-state index is 0.0431. The van der Waals surface area contributed by atoms with E-state index in [0.717, 1.165) is 76.5 Å². The van der Waals surface area contributed by atoms with Crippen molar-refractivity contribution in [2.45, 2.75) is 71.2 Å². The number of halogens is 1.